The Hall–Kier alpha value is -1.62. The Morgan fingerprint density at radius 3 is 2.00 bits per heavy atom. The summed E-state index contributed by atoms with van der Waals surface area (Å²) in [6.45, 7) is 24.6. The van der Waals surface area contributed by atoms with Crippen molar-refractivity contribution in [3.8, 4) is 0 Å². The average molecular weight is 393 g/mol. The van der Waals surface area contributed by atoms with E-state index in [0.717, 1.165) is 18.5 Å². The van der Waals surface area contributed by atoms with Gasteiger partial charge in [-0.05, 0) is 57.1 Å². The van der Waals surface area contributed by atoms with Crippen molar-refractivity contribution in [2.75, 3.05) is 0 Å². The van der Waals surface area contributed by atoms with Gasteiger partial charge in [0.1, 0.15) is 0 Å². The molecule has 0 heterocycles. The molecule has 1 aromatic carbocycles. The summed E-state index contributed by atoms with van der Waals surface area (Å²) >= 11 is 0. The fourth-order valence-electron chi connectivity index (χ4n) is 1.95. The Morgan fingerprint density at radius 2 is 1.54 bits per heavy atom. The van der Waals surface area contributed by atoms with E-state index in [1.54, 1.807) is 0 Å². The quantitative estimate of drug-likeness (QED) is 0.256. The van der Waals surface area contributed by atoms with Crippen molar-refractivity contribution < 1.29 is 31.3 Å². The fourth-order valence-corrected chi connectivity index (χ4v) is 1.95. The van der Waals surface area contributed by atoms with Gasteiger partial charge in [0.15, 0.2) is 0 Å². The molecule has 1 rings (SSSR count). The first-order chi connectivity index (χ1) is 11.9. The van der Waals surface area contributed by atoms with E-state index >= 15 is 0 Å². The van der Waals surface area contributed by atoms with Crippen molar-refractivity contribution in [3.05, 3.63) is 61.4 Å². The number of aryl methyl sites for hydroxylation is 1. The molecule has 4 nitrogen and oxygen atoms in total. The Morgan fingerprint density at radius 1 is 1.04 bits per heavy atom. The summed E-state index contributed by atoms with van der Waals surface area (Å²) in [5.41, 5.74) is 4.05. The third kappa shape index (κ3) is 18.7. The van der Waals surface area contributed by atoms with Crippen LogP contribution in [0.2, 0.25) is 0 Å². The molecule has 5 heteroatoms. The van der Waals surface area contributed by atoms with Gasteiger partial charge in [-0.2, -0.15) is 0 Å². The largest absolute Gasteiger partial charge is 0 e. The van der Waals surface area contributed by atoms with E-state index in [0.29, 0.717) is 5.41 Å². The number of allylic oxidation sites excluding steroid dienone is 2. The topological polar surface area (TPSA) is 72.1 Å². The molecule has 0 N–H and O–H groups in total. The van der Waals surface area contributed by atoms with E-state index in [1.165, 1.54) is 17.6 Å². The molecular weight excluding hydrogens is 366 g/mol. The number of rotatable bonds is 6. The number of nitrogens with zero attached hydrogens (tertiary/aromatic N) is 1. The van der Waals surface area contributed by atoms with Crippen molar-refractivity contribution in [3.63, 3.8) is 0 Å². The second kappa shape index (κ2) is 21.4. The van der Waals surface area contributed by atoms with Crippen molar-refractivity contribution in [2.45, 2.75) is 53.9 Å². The monoisotopic (exact) mass is 393 g/mol. The van der Waals surface area contributed by atoms with Crippen LogP contribution in [0.15, 0.2) is 40.9 Å². The van der Waals surface area contributed by atoms with Gasteiger partial charge in [0.2, 0.25) is 0 Å². The minimum atomic E-state index is 0. The van der Waals surface area contributed by atoms with Crippen LogP contribution < -0.4 is 0 Å². The van der Waals surface area contributed by atoms with E-state index < -0.39 is 0 Å². The van der Waals surface area contributed by atoms with Crippen LogP contribution in [-0.4, -0.2) is 6.21 Å². The SMILES string of the molecule is CC(C)=CCCC(C)(C)CC=Nc1ccccc1C.[C-]#[O+].[C-]#[O+].[C-]#[O+].[Cr]. The van der Waals surface area contributed by atoms with Crippen LogP contribution in [0.3, 0.4) is 0 Å². The molecule has 0 saturated heterocycles. The van der Waals surface area contributed by atoms with Gasteiger partial charge in [0, 0.05) is 23.6 Å². The zero-order valence-corrected chi connectivity index (χ0v) is 17.4. The maximum atomic E-state index is 7.50. The van der Waals surface area contributed by atoms with Gasteiger partial charge in [-0.1, -0.05) is 43.7 Å². The molecule has 0 aliphatic heterocycles. The Kier molecular flexibility index (Phi) is 26.4. The van der Waals surface area contributed by atoms with Gasteiger partial charge in [-0.15, -0.1) is 0 Å². The normalized spacial score (nSPS) is 8.88. The summed E-state index contributed by atoms with van der Waals surface area (Å²) in [7, 11) is 0. The van der Waals surface area contributed by atoms with Crippen molar-refractivity contribution in [1.82, 2.24) is 0 Å². The molecule has 0 radical (unpaired) electrons. The first kappa shape index (κ1) is 32.1. The molecule has 0 amide bonds. The number of benzene rings is 1. The molecule has 0 unspecified atom stereocenters. The zero-order chi connectivity index (χ0) is 20.3. The van der Waals surface area contributed by atoms with Crippen molar-refractivity contribution in [2.24, 2.45) is 10.4 Å². The maximum absolute atomic E-state index is 7.50. The van der Waals surface area contributed by atoms with Crippen LogP contribution in [0.4, 0.5) is 5.69 Å². The standard InChI is InChI=1S/C18H27N.3CO.Cr/c1-15(2)9-8-12-18(4,5)13-14-19-17-11-7-6-10-16(17)3;3*1-2;/h6-7,9-11,14H,8,12-13H2,1-5H3;;;;. The summed E-state index contributed by atoms with van der Waals surface area (Å²) in [6, 6.07) is 8.27. The summed E-state index contributed by atoms with van der Waals surface area (Å²) < 4.78 is 22.5. The molecule has 0 aliphatic rings. The first-order valence-corrected chi connectivity index (χ1v) is 7.73. The third-order valence-corrected chi connectivity index (χ3v) is 3.36. The summed E-state index contributed by atoms with van der Waals surface area (Å²) in [5, 5.41) is 0. The van der Waals surface area contributed by atoms with Crippen LogP contribution in [0.25, 0.3) is 0 Å². The van der Waals surface area contributed by atoms with Crippen LogP contribution in [-0.2, 0) is 31.3 Å². The average Bonchev–Trinajstić information content (AvgIpc) is 2.61. The van der Waals surface area contributed by atoms with Gasteiger partial charge in [-0.25, -0.2) is 0 Å². The van der Waals surface area contributed by atoms with Crippen LogP contribution in [0.5, 0.6) is 0 Å². The van der Waals surface area contributed by atoms with E-state index in [1.807, 2.05) is 6.07 Å². The molecule has 140 valence electrons. The second-order valence-corrected chi connectivity index (χ2v) is 6.29. The zero-order valence-electron chi connectivity index (χ0n) is 16.2. The van der Waals surface area contributed by atoms with Crippen LogP contribution >= 0.6 is 0 Å². The fraction of sp³-hybridized carbons (Fsp3) is 0.429. The number of hydrogen-bond donors (Lipinski definition) is 0. The Labute approximate surface area is 169 Å². The molecular formula is C21H27CrNO3. The van der Waals surface area contributed by atoms with Gasteiger partial charge in [0.05, 0.1) is 5.69 Å². The molecule has 26 heavy (non-hydrogen) atoms. The summed E-state index contributed by atoms with van der Waals surface area (Å²) in [4.78, 5) is 4.59. The third-order valence-electron chi connectivity index (χ3n) is 3.36. The smallest absolute Gasteiger partial charge is 0 e. The molecule has 0 bridgehead atoms. The molecule has 1 aromatic rings. The molecule has 0 aromatic heterocycles. The first-order valence-electron chi connectivity index (χ1n) is 7.73. The van der Waals surface area contributed by atoms with E-state index in [2.05, 4.69) is 90.1 Å². The van der Waals surface area contributed by atoms with Crippen LogP contribution in [0.1, 0.15) is 52.5 Å². The second-order valence-electron chi connectivity index (χ2n) is 6.29. The molecule has 0 spiro atoms. The number of aliphatic imine (C=N–C) groups is 1. The van der Waals surface area contributed by atoms with E-state index in [4.69, 9.17) is 14.0 Å². The maximum Gasteiger partial charge on any atom is 0 e. The summed E-state index contributed by atoms with van der Waals surface area (Å²) in [6.07, 6.45) is 7.79. The molecule has 0 aliphatic carbocycles. The number of para-hydroxylation sites is 1. The van der Waals surface area contributed by atoms with Gasteiger partial charge in [-0.3, -0.25) is 4.99 Å². The summed E-state index contributed by atoms with van der Waals surface area (Å²) in [5.74, 6) is 0. The Bertz CT molecular complexity index is 566. The van der Waals surface area contributed by atoms with E-state index in [9.17, 15) is 0 Å². The van der Waals surface area contributed by atoms with Crippen LogP contribution in [0, 0.1) is 32.3 Å². The predicted molar refractivity (Wildman–Crippen MR) is 98.2 cm³/mol. The van der Waals surface area contributed by atoms with Gasteiger partial charge in [0.25, 0.3) is 0 Å². The van der Waals surface area contributed by atoms with Crippen molar-refractivity contribution >= 4 is 11.9 Å². The molecule has 0 atom stereocenters. The van der Waals surface area contributed by atoms with E-state index in [-0.39, 0.29) is 17.4 Å². The molecule has 0 fully saturated rings. The van der Waals surface area contributed by atoms with Gasteiger partial charge < -0.3 is 0 Å². The van der Waals surface area contributed by atoms with Crippen molar-refractivity contribution in [1.29, 1.82) is 0 Å². The van der Waals surface area contributed by atoms with Gasteiger partial charge >= 0.3 is 33.9 Å². The minimum Gasteiger partial charge on any atom is 0 e. The molecule has 0 saturated carbocycles. The number of hydrogen-bond acceptors (Lipinski definition) is 1. The minimum absolute atomic E-state index is 0. The Balaban J connectivity index is -0.000000312. The predicted octanol–water partition coefficient (Wildman–Crippen LogP) is 5.74.